The smallest absolute Gasteiger partial charge is 0.252 e. The fraction of sp³-hybridized carbons (Fsp3) is 0.350. The van der Waals surface area contributed by atoms with Crippen LogP contribution in [0.4, 0.5) is 0 Å². The first-order valence-corrected chi connectivity index (χ1v) is 9.25. The van der Waals surface area contributed by atoms with Gasteiger partial charge in [-0.15, -0.1) is 0 Å². The molecule has 1 N–H and O–H groups in total. The normalized spacial score (nSPS) is 16.1. The third-order valence-corrected chi connectivity index (χ3v) is 5.46. The predicted molar refractivity (Wildman–Crippen MR) is 104 cm³/mol. The van der Waals surface area contributed by atoms with Gasteiger partial charge in [-0.1, -0.05) is 35.3 Å². The highest BCUT2D eigenvalue weighted by molar-refractivity contribution is 6.36. The molecular weight excluding hydrogens is 373 g/mol. The summed E-state index contributed by atoms with van der Waals surface area (Å²) in [6.07, 6.45) is 1.68. The zero-order valence-corrected chi connectivity index (χ0v) is 16.1. The van der Waals surface area contributed by atoms with Gasteiger partial charge in [-0.25, -0.2) is 0 Å². The lowest BCUT2D eigenvalue weighted by molar-refractivity contribution is 0.0487. The lowest BCUT2D eigenvalue weighted by Crippen LogP contribution is -2.44. The van der Waals surface area contributed by atoms with Crippen LogP contribution in [0.25, 0.3) is 0 Å². The van der Waals surface area contributed by atoms with Gasteiger partial charge in [0.15, 0.2) is 0 Å². The van der Waals surface area contributed by atoms with Gasteiger partial charge < -0.3 is 14.8 Å². The van der Waals surface area contributed by atoms with Crippen molar-refractivity contribution in [1.82, 2.24) is 5.32 Å². The van der Waals surface area contributed by atoms with E-state index in [4.69, 9.17) is 32.7 Å². The van der Waals surface area contributed by atoms with E-state index in [2.05, 4.69) is 17.4 Å². The Kier molecular flexibility index (Phi) is 6.07. The highest BCUT2D eigenvalue weighted by Gasteiger charge is 2.35. The number of carbonyl (C=O) groups is 1. The minimum Gasteiger partial charge on any atom is -0.497 e. The molecule has 0 atom stereocenters. The number of carbonyl (C=O) groups excluding carboxylic acids is 1. The third-order valence-electron chi connectivity index (χ3n) is 4.92. The van der Waals surface area contributed by atoms with Crippen molar-refractivity contribution in [3.05, 3.63) is 63.6 Å². The Morgan fingerprint density at radius 2 is 1.85 bits per heavy atom. The molecule has 6 heteroatoms. The predicted octanol–water partition coefficient (Wildman–Crippen LogP) is 4.48. The quantitative estimate of drug-likeness (QED) is 0.814. The van der Waals surface area contributed by atoms with Crippen molar-refractivity contribution in [2.75, 3.05) is 26.9 Å². The zero-order chi connectivity index (χ0) is 18.6. The van der Waals surface area contributed by atoms with E-state index in [1.165, 1.54) is 5.56 Å². The monoisotopic (exact) mass is 393 g/mol. The number of amides is 1. The molecule has 0 saturated carbocycles. The van der Waals surface area contributed by atoms with Crippen LogP contribution in [0.2, 0.25) is 10.0 Å². The van der Waals surface area contributed by atoms with E-state index in [1.807, 2.05) is 12.1 Å². The zero-order valence-electron chi connectivity index (χ0n) is 14.6. The molecule has 1 fully saturated rings. The maximum atomic E-state index is 12.6. The van der Waals surface area contributed by atoms with Crippen LogP contribution in [0.1, 0.15) is 28.8 Å². The molecule has 1 heterocycles. The standard InChI is InChI=1S/C20H21Cl2NO3/c1-25-16-5-2-14(3-6-16)20(8-10-26-11-9-20)13-23-19(24)17-7-4-15(21)12-18(17)22/h2-7,12H,8-11,13H2,1H3,(H,23,24). The molecule has 1 aliphatic rings. The van der Waals surface area contributed by atoms with E-state index in [1.54, 1.807) is 25.3 Å². The fourth-order valence-electron chi connectivity index (χ4n) is 3.29. The second kappa shape index (κ2) is 8.30. The summed E-state index contributed by atoms with van der Waals surface area (Å²) in [4.78, 5) is 12.6. The van der Waals surface area contributed by atoms with E-state index in [0.717, 1.165) is 18.6 Å². The Hall–Kier alpha value is -1.75. The molecule has 0 bridgehead atoms. The molecule has 1 amide bonds. The van der Waals surface area contributed by atoms with Crippen molar-refractivity contribution < 1.29 is 14.3 Å². The van der Waals surface area contributed by atoms with Gasteiger partial charge in [0.05, 0.1) is 17.7 Å². The molecule has 2 aromatic carbocycles. The van der Waals surface area contributed by atoms with Gasteiger partial charge in [-0.3, -0.25) is 4.79 Å². The molecule has 0 radical (unpaired) electrons. The Balaban J connectivity index is 1.79. The number of nitrogens with one attached hydrogen (secondary N) is 1. The Labute approximate surface area is 163 Å². The van der Waals surface area contributed by atoms with Gasteiger partial charge in [0.1, 0.15) is 5.75 Å². The van der Waals surface area contributed by atoms with Crippen molar-refractivity contribution in [1.29, 1.82) is 0 Å². The summed E-state index contributed by atoms with van der Waals surface area (Å²) in [5, 5.41) is 3.90. The maximum Gasteiger partial charge on any atom is 0.252 e. The van der Waals surface area contributed by atoms with E-state index in [9.17, 15) is 4.79 Å². The van der Waals surface area contributed by atoms with Gasteiger partial charge in [0.25, 0.3) is 5.91 Å². The Bertz CT molecular complexity index is 771. The van der Waals surface area contributed by atoms with Crippen LogP contribution in [0.3, 0.4) is 0 Å². The van der Waals surface area contributed by atoms with Gasteiger partial charge in [0.2, 0.25) is 0 Å². The number of ether oxygens (including phenoxy) is 2. The Morgan fingerprint density at radius 3 is 2.46 bits per heavy atom. The maximum absolute atomic E-state index is 12.6. The summed E-state index contributed by atoms with van der Waals surface area (Å²) in [5.74, 6) is 0.610. The number of benzene rings is 2. The van der Waals surface area contributed by atoms with Crippen LogP contribution in [0.15, 0.2) is 42.5 Å². The number of rotatable bonds is 5. The summed E-state index contributed by atoms with van der Waals surface area (Å²) >= 11 is 12.1. The second-order valence-corrected chi connectivity index (χ2v) is 7.27. The van der Waals surface area contributed by atoms with Gasteiger partial charge in [0, 0.05) is 30.2 Å². The highest BCUT2D eigenvalue weighted by Crippen LogP contribution is 2.35. The largest absolute Gasteiger partial charge is 0.497 e. The van der Waals surface area contributed by atoms with E-state index >= 15 is 0 Å². The van der Waals surface area contributed by atoms with Crippen LogP contribution in [-0.4, -0.2) is 32.8 Å². The second-order valence-electron chi connectivity index (χ2n) is 6.43. The fourth-order valence-corrected chi connectivity index (χ4v) is 3.79. The molecule has 0 spiro atoms. The minimum atomic E-state index is -0.203. The average molecular weight is 394 g/mol. The van der Waals surface area contributed by atoms with Crippen LogP contribution < -0.4 is 10.1 Å². The summed E-state index contributed by atoms with van der Waals surface area (Å²) in [6.45, 7) is 1.85. The third kappa shape index (κ3) is 4.14. The highest BCUT2D eigenvalue weighted by atomic mass is 35.5. The van der Waals surface area contributed by atoms with Crippen LogP contribution >= 0.6 is 23.2 Å². The van der Waals surface area contributed by atoms with E-state index in [-0.39, 0.29) is 11.3 Å². The van der Waals surface area contributed by atoms with Crippen molar-refractivity contribution in [2.24, 2.45) is 0 Å². The van der Waals surface area contributed by atoms with Crippen molar-refractivity contribution in [3.8, 4) is 5.75 Å². The molecule has 1 saturated heterocycles. The first-order chi connectivity index (χ1) is 12.5. The lowest BCUT2D eigenvalue weighted by atomic mass is 9.74. The van der Waals surface area contributed by atoms with Crippen molar-refractivity contribution >= 4 is 29.1 Å². The van der Waals surface area contributed by atoms with Crippen LogP contribution in [0.5, 0.6) is 5.75 Å². The topological polar surface area (TPSA) is 47.6 Å². The average Bonchev–Trinajstić information content (AvgIpc) is 2.67. The van der Waals surface area contributed by atoms with E-state index in [0.29, 0.717) is 35.4 Å². The lowest BCUT2D eigenvalue weighted by Gasteiger charge is -2.38. The number of halogens is 2. The minimum absolute atomic E-state index is 0.168. The Morgan fingerprint density at radius 1 is 1.15 bits per heavy atom. The molecule has 1 aliphatic heterocycles. The van der Waals surface area contributed by atoms with E-state index < -0.39 is 0 Å². The van der Waals surface area contributed by atoms with Gasteiger partial charge in [-0.05, 0) is 48.7 Å². The van der Waals surface area contributed by atoms with Gasteiger partial charge in [-0.2, -0.15) is 0 Å². The molecule has 2 aromatic rings. The van der Waals surface area contributed by atoms with Gasteiger partial charge >= 0.3 is 0 Å². The molecule has 0 unspecified atom stereocenters. The molecule has 0 aliphatic carbocycles. The number of hydrogen-bond donors (Lipinski definition) is 1. The molecule has 0 aromatic heterocycles. The van der Waals surface area contributed by atoms with Crippen molar-refractivity contribution in [2.45, 2.75) is 18.3 Å². The number of hydrogen-bond acceptors (Lipinski definition) is 3. The van der Waals surface area contributed by atoms with Crippen molar-refractivity contribution in [3.63, 3.8) is 0 Å². The molecule has 26 heavy (non-hydrogen) atoms. The summed E-state index contributed by atoms with van der Waals surface area (Å²) in [7, 11) is 1.65. The molecular formula is C20H21Cl2NO3. The summed E-state index contributed by atoms with van der Waals surface area (Å²) < 4.78 is 10.8. The summed E-state index contributed by atoms with van der Waals surface area (Å²) in [6, 6.07) is 12.9. The van der Waals surface area contributed by atoms with Crippen LogP contribution in [-0.2, 0) is 10.2 Å². The number of methoxy groups -OCH3 is 1. The summed E-state index contributed by atoms with van der Waals surface area (Å²) in [5.41, 5.74) is 1.43. The first-order valence-electron chi connectivity index (χ1n) is 8.50. The van der Waals surface area contributed by atoms with Crippen LogP contribution in [0, 0.1) is 0 Å². The first kappa shape index (κ1) is 19.0. The SMILES string of the molecule is COc1ccc(C2(CNC(=O)c3ccc(Cl)cc3Cl)CCOCC2)cc1. The molecule has 4 nitrogen and oxygen atoms in total. The molecule has 3 rings (SSSR count). The molecule has 138 valence electrons.